The lowest BCUT2D eigenvalue weighted by atomic mass is 10.1. The number of aliphatic hydroxyl groups is 4. The second-order valence-electron chi connectivity index (χ2n) is 1.87. The minimum absolute atomic E-state index is 0. The molecule has 0 aromatic carbocycles. The van der Waals surface area contributed by atoms with Crippen LogP contribution < -0.4 is 0 Å². The van der Waals surface area contributed by atoms with E-state index in [0.717, 1.165) is 0 Å². The first-order chi connectivity index (χ1) is 4.63. The van der Waals surface area contributed by atoms with Gasteiger partial charge in [-0.1, -0.05) is 0 Å². The smallest absolute Gasteiger partial charge is 0.151 e. The van der Waals surface area contributed by atoms with Gasteiger partial charge in [0.2, 0.25) is 0 Å². The fourth-order valence-corrected chi connectivity index (χ4v) is 0.416. The molecule has 5 nitrogen and oxygen atoms in total. The molecule has 0 aliphatic heterocycles. The maximum Gasteiger partial charge on any atom is 0.151 e. The maximum absolute atomic E-state index is 9.76. The third-order valence-corrected chi connectivity index (χ3v) is 1.07. The van der Waals surface area contributed by atoms with Crippen molar-refractivity contribution in [1.82, 2.24) is 0 Å². The molecule has 0 heterocycles. The molecule has 0 aliphatic rings. The fourth-order valence-electron chi connectivity index (χ4n) is 0.416. The Morgan fingerprint density at radius 2 is 1.73 bits per heavy atom. The topological polar surface area (TPSA) is 98.0 Å². The summed E-state index contributed by atoms with van der Waals surface area (Å²) < 4.78 is 0. The highest BCUT2D eigenvalue weighted by Crippen LogP contribution is 1.96. The van der Waals surface area contributed by atoms with E-state index in [1.165, 1.54) is 0 Å². The lowest BCUT2D eigenvalue weighted by Crippen LogP contribution is -2.40. The van der Waals surface area contributed by atoms with Crippen LogP contribution in [0.3, 0.4) is 0 Å². The van der Waals surface area contributed by atoms with Crippen LogP contribution in [-0.2, 0) is 4.79 Å². The van der Waals surface area contributed by atoms with Crippen LogP contribution in [0.1, 0.15) is 0 Å². The Morgan fingerprint density at radius 1 is 1.27 bits per heavy atom. The molecule has 0 aromatic heterocycles. The summed E-state index contributed by atoms with van der Waals surface area (Å²) >= 11 is 0. The molecule has 0 aromatic rings. The van der Waals surface area contributed by atoms with Gasteiger partial charge in [0.1, 0.15) is 18.3 Å². The van der Waals surface area contributed by atoms with Crippen LogP contribution in [0.2, 0.25) is 0 Å². The van der Waals surface area contributed by atoms with E-state index in [0.29, 0.717) is 0 Å². The first kappa shape index (κ1) is 13.6. The first-order valence-electron chi connectivity index (χ1n) is 2.73. The molecule has 0 fully saturated rings. The molecular formula is C5H11BrO5. The normalized spacial score (nSPS) is 17.8. The van der Waals surface area contributed by atoms with Gasteiger partial charge in [-0.25, -0.2) is 0 Å². The van der Waals surface area contributed by atoms with Crippen LogP contribution in [0.4, 0.5) is 0 Å². The van der Waals surface area contributed by atoms with Gasteiger partial charge in [0.05, 0.1) is 6.61 Å². The van der Waals surface area contributed by atoms with Crippen molar-refractivity contribution in [3.05, 3.63) is 0 Å². The van der Waals surface area contributed by atoms with Crippen molar-refractivity contribution in [2.45, 2.75) is 18.3 Å². The second kappa shape index (κ2) is 6.68. The minimum Gasteiger partial charge on any atom is -0.394 e. The van der Waals surface area contributed by atoms with Crippen molar-refractivity contribution in [3.63, 3.8) is 0 Å². The summed E-state index contributed by atoms with van der Waals surface area (Å²) in [6, 6.07) is 0. The van der Waals surface area contributed by atoms with Crippen molar-refractivity contribution in [3.8, 4) is 0 Å². The molecular weight excluding hydrogens is 220 g/mol. The average molecular weight is 231 g/mol. The van der Waals surface area contributed by atoms with E-state index in [9.17, 15) is 4.79 Å². The molecule has 68 valence electrons. The lowest BCUT2D eigenvalue weighted by Gasteiger charge is -2.16. The number of hydrogen-bond acceptors (Lipinski definition) is 5. The zero-order valence-electron chi connectivity index (χ0n) is 5.62. The average Bonchev–Trinajstić information content (AvgIpc) is 2.00. The van der Waals surface area contributed by atoms with E-state index in [1.807, 2.05) is 0 Å². The Labute approximate surface area is 74.1 Å². The molecule has 0 amide bonds. The Hall–Kier alpha value is -0.0100. The molecule has 0 spiro atoms. The molecule has 0 aliphatic carbocycles. The molecule has 3 atom stereocenters. The number of aliphatic hydroxyl groups excluding tert-OH is 4. The van der Waals surface area contributed by atoms with Crippen LogP contribution in [0.25, 0.3) is 0 Å². The molecule has 11 heavy (non-hydrogen) atoms. The van der Waals surface area contributed by atoms with E-state index in [1.54, 1.807) is 0 Å². The zero-order chi connectivity index (χ0) is 8.15. The van der Waals surface area contributed by atoms with Crippen LogP contribution in [0, 0.1) is 0 Å². The Morgan fingerprint density at radius 3 is 2.00 bits per heavy atom. The van der Waals surface area contributed by atoms with Gasteiger partial charge in [-0.2, -0.15) is 0 Å². The molecule has 0 unspecified atom stereocenters. The number of rotatable bonds is 4. The van der Waals surface area contributed by atoms with Crippen LogP contribution in [0.5, 0.6) is 0 Å². The number of carbonyl (C=O) groups is 1. The summed E-state index contributed by atoms with van der Waals surface area (Å²) in [4.78, 5) is 9.76. The van der Waals surface area contributed by atoms with Crippen molar-refractivity contribution in [2.24, 2.45) is 0 Å². The summed E-state index contributed by atoms with van der Waals surface area (Å²) in [5.74, 6) is 0. The van der Waals surface area contributed by atoms with E-state index in [4.69, 9.17) is 20.4 Å². The number of carbonyl (C=O) groups excluding carboxylic acids is 1. The third kappa shape index (κ3) is 4.44. The number of aldehydes is 1. The second-order valence-corrected chi connectivity index (χ2v) is 1.87. The monoisotopic (exact) mass is 230 g/mol. The lowest BCUT2D eigenvalue weighted by molar-refractivity contribution is -0.127. The summed E-state index contributed by atoms with van der Waals surface area (Å²) in [5, 5.41) is 34.1. The highest BCUT2D eigenvalue weighted by atomic mass is 79.9. The van der Waals surface area contributed by atoms with Gasteiger partial charge in [-0.05, 0) is 0 Å². The van der Waals surface area contributed by atoms with Gasteiger partial charge < -0.3 is 25.2 Å². The molecule has 0 saturated heterocycles. The van der Waals surface area contributed by atoms with Crippen molar-refractivity contribution >= 4 is 23.3 Å². The Kier molecular flexibility index (Phi) is 8.25. The SMILES string of the molecule is Br.O=C[C@H](O)[C@@H](O)[C@H](O)CO. The predicted octanol–water partition coefficient (Wildman–Crippen LogP) is -2.16. The number of halogens is 1. The zero-order valence-corrected chi connectivity index (χ0v) is 7.33. The highest BCUT2D eigenvalue weighted by molar-refractivity contribution is 8.93. The standard InChI is InChI=1S/C5H10O5.BrH/c6-1-3(8)5(10)4(9)2-7;/h1,3-5,7-10H,2H2;1H/t3-,4+,5+;/m0./s1. The van der Waals surface area contributed by atoms with Gasteiger partial charge >= 0.3 is 0 Å². The minimum atomic E-state index is -1.64. The predicted molar refractivity (Wildman–Crippen MR) is 41.5 cm³/mol. The van der Waals surface area contributed by atoms with Gasteiger partial charge in [-0.3, -0.25) is 0 Å². The first-order valence-corrected chi connectivity index (χ1v) is 2.73. The molecule has 6 heteroatoms. The van der Waals surface area contributed by atoms with Gasteiger partial charge in [0.15, 0.2) is 6.29 Å². The van der Waals surface area contributed by atoms with Crippen molar-refractivity contribution < 1.29 is 25.2 Å². The fraction of sp³-hybridized carbons (Fsp3) is 0.800. The summed E-state index contributed by atoms with van der Waals surface area (Å²) in [6.07, 6.45) is -4.63. The molecule has 0 bridgehead atoms. The largest absolute Gasteiger partial charge is 0.394 e. The van der Waals surface area contributed by atoms with E-state index >= 15 is 0 Å². The Balaban J connectivity index is 0. The van der Waals surface area contributed by atoms with Crippen LogP contribution in [-0.4, -0.2) is 51.6 Å². The van der Waals surface area contributed by atoms with Crippen molar-refractivity contribution in [1.29, 1.82) is 0 Å². The van der Waals surface area contributed by atoms with E-state index in [-0.39, 0.29) is 23.3 Å². The maximum atomic E-state index is 9.76. The van der Waals surface area contributed by atoms with Gasteiger partial charge in [-0.15, -0.1) is 17.0 Å². The van der Waals surface area contributed by atoms with Gasteiger partial charge in [0.25, 0.3) is 0 Å². The van der Waals surface area contributed by atoms with Crippen molar-refractivity contribution in [2.75, 3.05) is 6.61 Å². The van der Waals surface area contributed by atoms with E-state index in [2.05, 4.69) is 0 Å². The summed E-state index contributed by atoms with van der Waals surface area (Å²) in [7, 11) is 0. The van der Waals surface area contributed by atoms with E-state index < -0.39 is 24.9 Å². The molecule has 0 rings (SSSR count). The number of hydrogen-bond donors (Lipinski definition) is 4. The molecule has 0 saturated carbocycles. The summed E-state index contributed by atoms with van der Waals surface area (Å²) in [6.45, 7) is -0.688. The molecule has 4 N–H and O–H groups in total. The summed E-state index contributed by atoms with van der Waals surface area (Å²) in [5.41, 5.74) is 0. The van der Waals surface area contributed by atoms with Gasteiger partial charge in [0, 0.05) is 0 Å². The third-order valence-electron chi connectivity index (χ3n) is 1.07. The molecule has 0 radical (unpaired) electrons. The van der Waals surface area contributed by atoms with Crippen LogP contribution in [0.15, 0.2) is 0 Å². The highest BCUT2D eigenvalue weighted by Gasteiger charge is 2.22. The Bertz CT molecular complexity index is 109. The van der Waals surface area contributed by atoms with Crippen LogP contribution >= 0.6 is 17.0 Å². The quantitative estimate of drug-likeness (QED) is 0.413.